The van der Waals surface area contributed by atoms with E-state index in [1.165, 1.54) is 0 Å². The van der Waals surface area contributed by atoms with Crippen molar-refractivity contribution in [1.29, 1.82) is 0 Å². The third kappa shape index (κ3) is 4.40. The molecule has 0 spiro atoms. The first-order valence-electron chi connectivity index (χ1n) is 4.44. The van der Waals surface area contributed by atoms with Crippen molar-refractivity contribution in [2.24, 2.45) is 0 Å². The maximum atomic E-state index is 5.21. The SMILES string of the molecule is COCCNC(=S)NC1CCOC1. The molecule has 1 saturated heterocycles. The number of thiocarbonyl (C=S) groups is 1. The van der Waals surface area contributed by atoms with Gasteiger partial charge in [-0.1, -0.05) is 0 Å². The maximum absolute atomic E-state index is 5.21. The summed E-state index contributed by atoms with van der Waals surface area (Å²) in [4.78, 5) is 0. The maximum Gasteiger partial charge on any atom is 0.166 e. The molecule has 1 atom stereocenters. The van der Waals surface area contributed by atoms with Gasteiger partial charge in [0.1, 0.15) is 0 Å². The molecule has 0 aliphatic carbocycles. The van der Waals surface area contributed by atoms with Gasteiger partial charge in [-0.3, -0.25) is 0 Å². The van der Waals surface area contributed by atoms with E-state index in [1.54, 1.807) is 7.11 Å². The van der Waals surface area contributed by atoms with Crippen LogP contribution < -0.4 is 10.6 Å². The number of methoxy groups -OCH3 is 1. The van der Waals surface area contributed by atoms with Gasteiger partial charge in [-0.15, -0.1) is 0 Å². The van der Waals surface area contributed by atoms with Gasteiger partial charge in [-0.2, -0.15) is 0 Å². The zero-order valence-corrected chi connectivity index (χ0v) is 8.65. The quantitative estimate of drug-likeness (QED) is 0.494. The standard InChI is InChI=1S/C8H16N2O2S/c1-11-5-3-9-8(13)10-7-2-4-12-6-7/h7H,2-6H2,1H3,(H2,9,10,13). The van der Waals surface area contributed by atoms with Gasteiger partial charge in [0, 0.05) is 20.3 Å². The van der Waals surface area contributed by atoms with Gasteiger partial charge in [-0.05, 0) is 18.6 Å². The van der Waals surface area contributed by atoms with Crippen LogP contribution in [0, 0.1) is 0 Å². The van der Waals surface area contributed by atoms with Crippen molar-refractivity contribution in [2.45, 2.75) is 12.5 Å². The normalized spacial score (nSPS) is 21.5. The van der Waals surface area contributed by atoms with Crippen LogP contribution in [0.25, 0.3) is 0 Å². The Hall–Kier alpha value is -0.390. The predicted molar refractivity (Wildman–Crippen MR) is 54.8 cm³/mol. The van der Waals surface area contributed by atoms with E-state index in [1.807, 2.05) is 0 Å². The van der Waals surface area contributed by atoms with Crippen LogP contribution in [0.5, 0.6) is 0 Å². The smallest absolute Gasteiger partial charge is 0.166 e. The van der Waals surface area contributed by atoms with E-state index >= 15 is 0 Å². The molecule has 1 aliphatic heterocycles. The Labute approximate surface area is 84.0 Å². The van der Waals surface area contributed by atoms with Crippen LogP contribution in [-0.4, -0.2) is 44.6 Å². The Bertz CT molecular complexity index is 160. The fourth-order valence-electron chi connectivity index (χ4n) is 1.15. The molecule has 0 bridgehead atoms. The van der Waals surface area contributed by atoms with Crippen LogP contribution in [0.4, 0.5) is 0 Å². The summed E-state index contributed by atoms with van der Waals surface area (Å²) < 4.78 is 10.1. The Morgan fingerprint density at radius 1 is 1.69 bits per heavy atom. The van der Waals surface area contributed by atoms with Crippen molar-refractivity contribution in [2.75, 3.05) is 33.5 Å². The summed E-state index contributed by atoms with van der Waals surface area (Å²) in [5, 5.41) is 6.92. The van der Waals surface area contributed by atoms with Gasteiger partial charge in [0.15, 0.2) is 5.11 Å². The second kappa shape index (κ2) is 6.12. The average Bonchev–Trinajstić information content (AvgIpc) is 2.57. The Morgan fingerprint density at radius 3 is 3.15 bits per heavy atom. The molecule has 1 fully saturated rings. The molecule has 2 N–H and O–H groups in total. The summed E-state index contributed by atoms with van der Waals surface area (Å²) in [6.45, 7) is 3.00. The molecule has 0 aromatic heterocycles. The van der Waals surface area contributed by atoms with Crippen molar-refractivity contribution >= 4 is 17.3 Å². The van der Waals surface area contributed by atoms with Gasteiger partial charge in [0.2, 0.25) is 0 Å². The highest BCUT2D eigenvalue weighted by atomic mass is 32.1. The Balaban J connectivity index is 2.02. The average molecular weight is 204 g/mol. The molecule has 5 heteroatoms. The van der Waals surface area contributed by atoms with E-state index in [2.05, 4.69) is 10.6 Å². The van der Waals surface area contributed by atoms with Crippen molar-refractivity contribution in [3.8, 4) is 0 Å². The molecule has 4 nitrogen and oxygen atoms in total. The summed E-state index contributed by atoms with van der Waals surface area (Å²) in [7, 11) is 1.67. The third-order valence-corrected chi connectivity index (χ3v) is 2.12. The first-order chi connectivity index (χ1) is 6.33. The van der Waals surface area contributed by atoms with Crippen molar-refractivity contribution in [3.63, 3.8) is 0 Å². The van der Waals surface area contributed by atoms with Crippen molar-refractivity contribution < 1.29 is 9.47 Å². The molecule has 1 heterocycles. The van der Waals surface area contributed by atoms with E-state index in [0.29, 0.717) is 17.8 Å². The predicted octanol–water partition coefficient (Wildman–Crippen LogP) is -0.114. The number of ether oxygens (including phenoxy) is 2. The first kappa shape index (κ1) is 10.7. The molecule has 0 radical (unpaired) electrons. The first-order valence-corrected chi connectivity index (χ1v) is 4.85. The van der Waals surface area contributed by atoms with Gasteiger partial charge in [0.25, 0.3) is 0 Å². The van der Waals surface area contributed by atoms with E-state index in [0.717, 1.165) is 26.2 Å². The highest BCUT2D eigenvalue weighted by Crippen LogP contribution is 2.02. The van der Waals surface area contributed by atoms with E-state index < -0.39 is 0 Å². The topological polar surface area (TPSA) is 42.5 Å². The van der Waals surface area contributed by atoms with Crippen LogP contribution in [0.2, 0.25) is 0 Å². The summed E-state index contributed by atoms with van der Waals surface area (Å²) in [6, 6.07) is 0.377. The van der Waals surface area contributed by atoms with Crippen LogP contribution in [0.1, 0.15) is 6.42 Å². The minimum Gasteiger partial charge on any atom is -0.383 e. The fraction of sp³-hybridized carbons (Fsp3) is 0.875. The van der Waals surface area contributed by atoms with E-state index in [9.17, 15) is 0 Å². The minimum absolute atomic E-state index is 0.377. The van der Waals surface area contributed by atoms with Crippen molar-refractivity contribution in [3.05, 3.63) is 0 Å². The van der Waals surface area contributed by atoms with Gasteiger partial charge in [-0.25, -0.2) is 0 Å². The van der Waals surface area contributed by atoms with Crippen LogP contribution in [0.15, 0.2) is 0 Å². The molecule has 76 valence electrons. The van der Waals surface area contributed by atoms with Crippen molar-refractivity contribution in [1.82, 2.24) is 10.6 Å². The molecule has 13 heavy (non-hydrogen) atoms. The molecule has 1 rings (SSSR count). The summed E-state index contributed by atoms with van der Waals surface area (Å²) in [5.41, 5.74) is 0. The zero-order chi connectivity index (χ0) is 9.52. The molecule has 0 saturated carbocycles. The second-order valence-electron chi connectivity index (χ2n) is 2.95. The van der Waals surface area contributed by atoms with Gasteiger partial charge < -0.3 is 20.1 Å². The lowest BCUT2D eigenvalue weighted by Gasteiger charge is -2.14. The fourth-order valence-corrected chi connectivity index (χ4v) is 1.42. The lowest BCUT2D eigenvalue weighted by molar-refractivity contribution is 0.192. The lowest BCUT2D eigenvalue weighted by Crippen LogP contribution is -2.43. The largest absolute Gasteiger partial charge is 0.383 e. The molecule has 0 aromatic carbocycles. The molecule has 0 amide bonds. The number of nitrogens with one attached hydrogen (secondary N) is 2. The molecule has 0 aromatic rings. The number of hydrogen-bond donors (Lipinski definition) is 2. The number of rotatable bonds is 4. The highest BCUT2D eigenvalue weighted by molar-refractivity contribution is 7.80. The summed E-state index contributed by atoms with van der Waals surface area (Å²) >= 11 is 5.07. The van der Waals surface area contributed by atoms with E-state index in [4.69, 9.17) is 21.7 Å². The minimum atomic E-state index is 0.377. The lowest BCUT2D eigenvalue weighted by atomic mass is 10.3. The summed E-state index contributed by atoms with van der Waals surface area (Å²) in [5.74, 6) is 0. The van der Waals surface area contributed by atoms with Crippen LogP contribution in [-0.2, 0) is 9.47 Å². The molecule has 1 unspecified atom stereocenters. The van der Waals surface area contributed by atoms with Gasteiger partial charge >= 0.3 is 0 Å². The number of hydrogen-bond acceptors (Lipinski definition) is 3. The Morgan fingerprint density at radius 2 is 2.54 bits per heavy atom. The van der Waals surface area contributed by atoms with Crippen LogP contribution in [0.3, 0.4) is 0 Å². The van der Waals surface area contributed by atoms with E-state index in [-0.39, 0.29) is 0 Å². The zero-order valence-electron chi connectivity index (χ0n) is 7.84. The van der Waals surface area contributed by atoms with Crippen LogP contribution >= 0.6 is 12.2 Å². The molecular weight excluding hydrogens is 188 g/mol. The monoisotopic (exact) mass is 204 g/mol. The Kier molecular flexibility index (Phi) is 5.03. The third-order valence-electron chi connectivity index (χ3n) is 1.86. The van der Waals surface area contributed by atoms with Gasteiger partial charge in [0.05, 0.1) is 19.3 Å². The molecule has 1 aliphatic rings. The summed E-state index contributed by atoms with van der Waals surface area (Å²) in [6.07, 6.45) is 1.03. The highest BCUT2D eigenvalue weighted by Gasteiger charge is 2.15. The second-order valence-corrected chi connectivity index (χ2v) is 3.36. The molecular formula is C8H16N2O2S.